The largest absolute Gasteiger partial charge is 0.481 e. The maximum atomic E-state index is 12.8. The highest BCUT2D eigenvalue weighted by Crippen LogP contribution is 2.42. The number of esters is 1. The van der Waals surface area contributed by atoms with Gasteiger partial charge in [-0.25, -0.2) is 9.79 Å². The van der Waals surface area contributed by atoms with Gasteiger partial charge in [0.15, 0.2) is 5.17 Å². The lowest BCUT2D eigenvalue weighted by molar-refractivity contribution is -0.139. The number of amides is 1. The number of thiophene rings is 1. The van der Waals surface area contributed by atoms with Crippen LogP contribution in [0.2, 0.25) is 0 Å². The molecule has 7 nitrogen and oxygen atoms in total. The van der Waals surface area contributed by atoms with Crippen LogP contribution in [0.25, 0.3) is 0 Å². The summed E-state index contributed by atoms with van der Waals surface area (Å²) in [6.07, 6.45) is 4.84. The van der Waals surface area contributed by atoms with Crippen molar-refractivity contribution in [1.82, 2.24) is 4.90 Å². The molecule has 1 saturated heterocycles. The molecule has 2 heterocycles. The standard InChI is InChI=1S/C20H24N2O5S2/c1-4-9-22-18(25)14(10-15(23)24)29-20(22)21-17-16(19(26)27-11(2)3)12-7-5-6-8-13(12)28-17/h4,11,14H,1,5-10H2,2-3H3,(H,23,24). The van der Waals surface area contributed by atoms with E-state index in [1.165, 1.54) is 16.2 Å². The molecule has 1 unspecified atom stereocenters. The Kier molecular flexibility index (Phi) is 6.79. The summed E-state index contributed by atoms with van der Waals surface area (Å²) in [6.45, 7) is 7.51. The fraction of sp³-hybridized carbons (Fsp3) is 0.500. The zero-order chi connectivity index (χ0) is 21.1. The van der Waals surface area contributed by atoms with Gasteiger partial charge in [0.05, 0.1) is 18.1 Å². The zero-order valence-corrected chi connectivity index (χ0v) is 18.1. The fourth-order valence-corrected chi connectivity index (χ4v) is 5.83. The number of rotatable bonds is 7. The second-order valence-electron chi connectivity index (χ2n) is 7.18. The maximum absolute atomic E-state index is 12.8. The molecule has 1 amide bonds. The van der Waals surface area contributed by atoms with Gasteiger partial charge >= 0.3 is 11.9 Å². The summed E-state index contributed by atoms with van der Waals surface area (Å²) in [7, 11) is 0. The summed E-state index contributed by atoms with van der Waals surface area (Å²) in [5.74, 6) is -1.74. The lowest BCUT2D eigenvalue weighted by Gasteiger charge is -2.14. The number of ether oxygens (including phenoxy) is 1. The molecule has 29 heavy (non-hydrogen) atoms. The number of hydrogen-bond donors (Lipinski definition) is 1. The van der Waals surface area contributed by atoms with Gasteiger partial charge in [0.2, 0.25) is 5.91 Å². The van der Waals surface area contributed by atoms with Crippen LogP contribution < -0.4 is 0 Å². The molecule has 1 aromatic heterocycles. The van der Waals surface area contributed by atoms with E-state index in [1.807, 2.05) is 0 Å². The van der Waals surface area contributed by atoms with Gasteiger partial charge in [0.1, 0.15) is 10.3 Å². The van der Waals surface area contributed by atoms with E-state index in [9.17, 15) is 14.4 Å². The van der Waals surface area contributed by atoms with Gasteiger partial charge in [-0.05, 0) is 45.1 Å². The SMILES string of the molecule is C=CCN1C(=O)C(CC(=O)O)SC1=Nc1sc2c(c1C(=O)OC(C)C)CCCC2. The fourth-order valence-electron chi connectivity index (χ4n) is 3.38. The number of aliphatic carboxylic acids is 1. The number of aliphatic imine (C=N–C) groups is 1. The molecular weight excluding hydrogens is 412 g/mol. The number of thioether (sulfide) groups is 1. The summed E-state index contributed by atoms with van der Waals surface area (Å²) in [4.78, 5) is 43.7. The molecular formula is C20H24N2O5S2. The molecule has 1 aliphatic carbocycles. The molecule has 1 fully saturated rings. The van der Waals surface area contributed by atoms with Crippen molar-refractivity contribution < 1.29 is 24.2 Å². The van der Waals surface area contributed by atoms with Gasteiger partial charge in [0.25, 0.3) is 0 Å². The van der Waals surface area contributed by atoms with Crippen molar-refractivity contribution in [2.45, 2.75) is 57.3 Å². The Labute approximate surface area is 177 Å². The third kappa shape index (κ3) is 4.72. The van der Waals surface area contributed by atoms with Crippen LogP contribution in [0.3, 0.4) is 0 Å². The van der Waals surface area contributed by atoms with Crippen molar-refractivity contribution in [3.63, 3.8) is 0 Å². The maximum Gasteiger partial charge on any atom is 0.341 e. The van der Waals surface area contributed by atoms with Gasteiger partial charge < -0.3 is 9.84 Å². The van der Waals surface area contributed by atoms with Crippen molar-refractivity contribution >= 4 is 51.1 Å². The second-order valence-corrected chi connectivity index (χ2v) is 9.43. The monoisotopic (exact) mass is 436 g/mol. The second kappa shape index (κ2) is 9.13. The summed E-state index contributed by atoms with van der Waals surface area (Å²) < 4.78 is 5.45. The molecule has 0 saturated carbocycles. The number of fused-ring (bicyclic) bond motifs is 1. The Hall–Kier alpha value is -2.13. The first-order valence-electron chi connectivity index (χ1n) is 9.56. The highest BCUT2D eigenvalue weighted by molar-refractivity contribution is 8.15. The number of hydrogen-bond acceptors (Lipinski definition) is 7. The molecule has 3 rings (SSSR count). The van der Waals surface area contributed by atoms with Gasteiger partial charge in [-0.2, -0.15) is 0 Å². The third-order valence-corrected chi connectivity index (χ3v) is 6.95. The van der Waals surface area contributed by atoms with Crippen LogP contribution in [0.15, 0.2) is 17.6 Å². The van der Waals surface area contributed by atoms with Gasteiger partial charge in [-0.15, -0.1) is 17.9 Å². The van der Waals surface area contributed by atoms with Crippen LogP contribution in [0.5, 0.6) is 0 Å². The topological polar surface area (TPSA) is 96.3 Å². The van der Waals surface area contributed by atoms with Crippen LogP contribution >= 0.6 is 23.1 Å². The predicted molar refractivity (Wildman–Crippen MR) is 114 cm³/mol. The zero-order valence-electron chi connectivity index (χ0n) is 16.5. The Morgan fingerprint density at radius 3 is 2.76 bits per heavy atom. The lowest BCUT2D eigenvalue weighted by atomic mass is 9.95. The van der Waals surface area contributed by atoms with Gasteiger partial charge in [-0.3, -0.25) is 14.5 Å². The molecule has 0 bridgehead atoms. The van der Waals surface area contributed by atoms with E-state index in [1.54, 1.807) is 19.9 Å². The first kappa shape index (κ1) is 21.6. The molecule has 2 aliphatic rings. The number of carboxylic acids is 1. The minimum atomic E-state index is -1.04. The van der Waals surface area contributed by atoms with E-state index in [-0.39, 0.29) is 25.0 Å². The molecule has 1 atom stereocenters. The number of amidine groups is 1. The third-order valence-electron chi connectivity index (χ3n) is 4.59. The molecule has 0 radical (unpaired) electrons. The first-order valence-corrected chi connectivity index (χ1v) is 11.3. The van der Waals surface area contributed by atoms with E-state index >= 15 is 0 Å². The van der Waals surface area contributed by atoms with Crippen molar-refractivity contribution in [3.8, 4) is 0 Å². The molecule has 9 heteroatoms. The normalized spacial score (nSPS) is 20.2. The highest BCUT2D eigenvalue weighted by atomic mass is 32.2. The Balaban J connectivity index is 2.02. The Morgan fingerprint density at radius 1 is 1.38 bits per heavy atom. The molecule has 1 aromatic rings. The molecule has 1 aliphatic heterocycles. The number of aryl methyl sites for hydroxylation is 1. The van der Waals surface area contributed by atoms with Crippen LogP contribution in [0.4, 0.5) is 5.00 Å². The Bertz CT molecular complexity index is 874. The smallest absolute Gasteiger partial charge is 0.341 e. The quantitative estimate of drug-likeness (QED) is 0.516. The minimum Gasteiger partial charge on any atom is -0.481 e. The van der Waals surface area contributed by atoms with Crippen molar-refractivity contribution in [2.75, 3.05) is 6.54 Å². The van der Waals surface area contributed by atoms with Crippen LogP contribution in [-0.2, 0) is 27.2 Å². The van der Waals surface area contributed by atoms with E-state index in [4.69, 9.17) is 9.84 Å². The predicted octanol–water partition coefficient (Wildman–Crippen LogP) is 3.78. The summed E-state index contributed by atoms with van der Waals surface area (Å²) >= 11 is 2.58. The Morgan fingerprint density at radius 2 is 2.10 bits per heavy atom. The summed E-state index contributed by atoms with van der Waals surface area (Å²) in [6, 6.07) is 0. The van der Waals surface area contributed by atoms with Crippen LogP contribution in [0, 0.1) is 0 Å². The van der Waals surface area contributed by atoms with Crippen LogP contribution in [-0.4, -0.2) is 50.9 Å². The first-order chi connectivity index (χ1) is 13.8. The summed E-state index contributed by atoms with van der Waals surface area (Å²) in [5.41, 5.74) is 1.48. The van der Waals surface area contributed by atoms with E-state index in [0.29, 0.717) is 15.7 Å². The number of nitrogens with zero attached hydrogens (tertiary/aromatic N) is 2. The number of carbonyl (C=O) groups excluding carboxylic acids is 2. The molecule has 1 N–H and O–H groups in total. The molecule has 0 spiro atoms. The van der Waals surface area contributed by atoms with E-state index < -0.39 is 17.2 Å². The minimum absolute atomic E-state index is 0.234. The van der Waals surface area contributed by atoms with E-state index in [2.05, 4.69) is 11.6 Å². The van der Waals surface area contributed by atoms with Crippen molar-refractivity contribution in [3.05, 3.63) is 28.7 Å². The lowest BCUT2D eigenvalue weighted by Crippen LogP contribution is -2.32. The van der Waals surface area contributed by atoms with Gasteiger partial charge in [-0.1, -0.05) is 17.8 Å². The van der Waals surface area contributed by atoms with Crippen LogP contribution in [0.1, 0.15) is 53.9 Å². The van der Waals surface area contributed by atoms with Crippen molar-refractivity contribution in [2.24, 2.45) is 4.99 Å². The van der Waals surface area contributed by atoms with Crippen molar-refractivity contribution in [1.29, 1.82) is 0 Å². The number of carbonyl (C=O) groups is 3. The average molecular weight is 437 g/mol. The summed E-state index contributed by atoms with van der Waals surface area (Å²) in [5, 5.41) is 9.29. The molecule has 156 valence electrons. The highest BCUT2D eigenvalue weighted by Gasteiger charge is 2.39. The van der Waals surface area contributed by atoms with E-state index in [0.717, 1.165) is 47.9 Å². The van der Waals surface area contributed by atoms with Gasteiger partial charge in [0, 0.05) is 11.4 Å². The number of carboxylic acid groups (broad SMARTS) is 1. The average Bonchev–Trinajstić information content (AvgIpc) is 3.13. The molecule has 0 aromatic carbocycles.